The van der Waals surface area contributed by atoms with Gasteiger partial charge in [-0.3, -0.25) is 4.55 Å². The minimum absolute atomic E-state index is 0.00951. The lowest BCUT2D eigenvalue weighted by Crippen LogP contribution is -2.53. The molecule has 0 amide bonds. The number of carboxylic acid groups (broad SMARTS) is 1. The van der Waals surface area contributed by atoms with Gasteiger partial charge in [0.2, 0.25) is 0 Å². The Morgan fingerprint density at radius 3 is 1.69 bits per heavy atom. The Morgan fingerprint density at radius 1 is 0.962 bits per heavy atom. The van der Waals surface area contributed by atoms with Crippen molar-refractivity contribution in [3.63, 3.8) is 0 Å². The van der Waals surface area contributed by atoms with E-state index in [1.165, 1.54) is 0 Å². The second-order valence-corrected chi connectivity index (χ2v) is 9.07. The zero-order chi connectivity index (χ0) is 20.9. The normalized spacial score (nSPS) is 12.4. The summed E-state index contributed by atoms with van der Waals surface area (Å²) < 4.78 is 31.0. The summed E-state index contributed by atoms with van der Waals surface area (Å²) in [5.41, 5.74) is 0. The average Bonchev–Trinajstić information content (AvgIpc) is 2.42. The van der Waals surface area contributed by atoms with Crippen molar-refractivity contribution < 1.29 is 42.1 Å². The molecule has 10 heteroatoms. The molecular formula is C16H37N2O7S+. The van der Waals surface area contributed by atoms with Crippen molar-refractivity contribution in [2.75, 3.05) is 72.8 Å². The molecule has 0 aliphatic rings. The van der Waals surface area contributed by atoms with Crippen LogP contribution in [0.5, 0.6) is 0 Å². The Morgan fingerprint density at radius 2 is 1.42 bits per heavy atom. The minimum atomic E-state index is -3.93. The standard InChI is InChI=1S/C11H25NO5S.C5H11NO2/c1-2-3-5-12(7-9-13,8-10-14)6-4-11-18(15,16)17;1-6(2,3)4-5(7)8/h13-14H,2-11H2,1H3;4H2,1-3H3/p+1. The molecule has 0 fully saturated rings. The molecule has 0 aromatic heterocycles. The van der Waals surface area contributed by atoms with E-state index < -0.39 is 16.1 Å². The van der Waals surface area contributed by atoms with Crippen molar-refractivity contribution in [1.29, 1.82) is 0 Å². The third kappa shape index (κ3) is 18.0. The zero-order valence-corrected chi connectivity index (χ0v) is 17.4. The van der Waals surface area contributed by atoms with Crippen LogP contribution in [0.2, 0.25) is 0 Å². The third-order valence-electron chi connectivity index (χ3n) is 3.77. The lowest BCUT2D eigenvalue weighted by molar-refractivity contribution is -0.928. The van der Waals surface area contributed by atoms with Gasteiger partial charge in [-0.1, -0.05) is 13.3 Å². The van der Waals surface area contributed by atoms with Gasteiger partial charge >= 0.3 is 0 Å². The van der Waals surface area contributed by atoms with Gasteiger partial charge in [-0.05, 0) is 6.42 Å². The van der Waals surface area contributed by atoms with E-state index in [9.17, 15) is 18.3 Å². The molecule has 0 bridgehead atoms. The topological polar surface area (TPSA) is 135 Å². The fraction of sp³-hybridized carbons (Fsp3) is 0.938. The van der Waals surface area contributed by atoms with Gasteiger partial charge in [0.25, 0.3) is 10.1 Å². The molecule has 0 aromatic carbocycles. The van der Waals surface area contributed by atoms with E-state index in [2.05, 4.69) is 6.92 Å². The van der Waals surface area contributed by atoms with Crippen LogP contribution in [0.1, 0.15) is 26.2 Å². The summed E-state index contributed by atoms with van der Waals surface area (Å²) in [6.07, 6.45) is 2.31. The molecule has 0 heterocycles. The number of hydrogen-bond donors (Lipinski definition) is 3. The maximum Gasteiger partial charge on any atom is 0.265 e. The van der Waals surface area contributed by atoms with Crippen molar-refractivity contribution in [1.82, 2.24) is 0 Å². The van der Waals surface area contributed by atoms with E-state index in [1.54, 1.807) is 21.1 Å². The molecule has 0 saturated carbocycles. The van der Waals surface area contributed by atoms with Crippen molar-refractivity contribution in [2.45, 2.75) is 26.2 Å². The summed E-state index contributed by atoms with van der Waals surface area (Å²) in [5, 5.41) is 28.1. The fourth-order valence-corrected chi connectivity index (χ4v) is 3.05. The van der Waals surface area contributed by atoms with Crippen LogP contribution < -0.4 is 5.11 Å². The van der Waals surface area contributed by atoms with E-state index in [0.29, 0.717) is 35.0 Å². The largest absolute Gasteiger partial charge is 0.544 e. The van der Waals surface area contributed by atoms with E-state index >= 15 is 0 Å². The maximum atomic E-state index is 10.7. The van der Waals surface area contributed by atoms with Crippen molar-refractivity contribution in [3.8, 4) is 0 Å². The number of rotatable bonds is 13. The lowest BCUT2D eigenvalue weighted by atomic mass is 10.2. The van der Waals surface area contributed by atoms with Crippen molar-refractivity contribution in [2.24, 2.45) is 0 Å². The van der Waals surface area contributed by atoms with Crippen LogP contribution in [0.25, 0.3) is 0 Å². The van der Waals surface area contributed by atoms with Gasteiger partial charge in [0, 0.05) is 6.42 Å². The molecule has 0 aromatic rings. The molecule has 0 radical (unpaired) electrons. The van der Waals surface area contributed by atoms with E-state index in [0.717, 1.165) is 19.4 Å². The molecule has 0 aliphatic carbocycles. The highest BCUT2D eigenvalue weighted by Gasteiger charge is 2.26. The Kier molecular flexibility index (Phi) is 14.1. The molecule has 0 aliphatic heterocycles. The molecule has 0 rings (SSSR count). The first-order valence-electron chi connectivity index (χ1n) is 8.83. The first-order chi connectivity index (χ1) is 11.8. The SMILES string of the molecule is CCCC[N+](CCO)(CCO)CCCS(=O)(=O)O.C[N+](C)(C)CC(=O)[O-]. The van der Waals surface area contributed by atoms with Gasteiger partial charge < -0.3 is 29.1 Å². The highest BCUT2D eigenvalue weighted by atomic mass is 32.2. The monoisotopic (exact) mass is 401 g/mol. The van der Waals surface area contributed by atoms with Crippen molar-refractivity contribution >= 4 is 16.1 Å². The number of aliphatic hydroxyl groups excluding tert-OH is 2. The molecule has 3 N–H and O–H groups in total. The molecule has 0 atom stereocenters. The quantitative estimate of drug-likeness (QED) is 0.247. The lowest BCUT2D eigenvalue weighted by Gasteiger charge is -2.38. The number of unbranched alkanes of at least 4 members (excludes halogenated alkanes) is 1. The van der Waals surface area contributed by atoms with Crippen LogP contribution in [0.15, 0.2) is 0 Å². The first-order valence-corrected chi connectivity index (χ1v) is 10.4. The number of carboxylic acids is 1. The van der Waals surface area contributed by atoms with Gasteiger partial charge in [-0.15, -0.1) is 0 Å². The molecule has 0 saturated heterocycles. The maximum absolute atomic E-state index is 10.7. The van der Waals surface area contributed by atoms with Crippen LogP contribution in [0, 0.1) is 0 Å². The van der Waals surface area contributed by atoms with Gasteiger partial charge in [0.1, 0.15) is 19.6 Å². The summed E-state index contributed by atoms with van der Waals surface area (Å²) in [7, 11) is 1.47. The number of carbonyl (C=O) groups is 1. The Bertz CT molecular complexity index is 469. The summed E-state index contributed by atoms with van der Waals surface area (Å²) in [6, 6.07) is 0. The predicted molar refractivity (Wildman–Crippen MR) is 97.7 cm³/mol. The molecule has 0 spiro atoms. The van der Waals surface area contributed by atoms with Gasteiger partial charge in [0.15, 0.2) is 0 Å². The van der Waals surface area contributed by atoms with Crippen LogP contribution >= 0.6 is 0 Å². The molecular weight excluding hydrogens is 364 g/mol. The number of aliphatic hydroxyl groups is 2. The van der Waals surface area contributed by atoms with E-state index in [-0.39, 0.29) is 25.5 Å². The zero-order valence-electron chi connectivity index (χ0n) is 16.6. The van der Waals surface area contributed by atoms with Gasteiger partial charge in [-0.2, -0.15) is 8.42 Å². The Labute approximate surface area is 157 Å². The summed E-state index contributed by atoms with van der Waals surface area (Å²) in [6.45, 7) is 4.51. The van der Waals surface area contributed by atoms with E-state index in [4.69, 9.17) is 14.8 Å². The molecule has 0 unspecified atom stereocenters. The molecule has 9 nitrogen and oxygen atoms in total. The first kappa shape index (κ1) is 27.4. The average molecular weight is 402 g/mol. The fourth-order valence-electron chi connectivity index (χ4n) is 2.56. The minimum Gasteiger partial charge on any atom is -0.544 e. The number of hydrogen-bond acceptors (Lipinski definition) is 6. The van der Waals surface area contributed by atoms with Crippen LogP contribution in [0.4, 0.5) is 0 Å². The van der Waals surface area contributed by atoms with Crippen LogP contribution in [0.3, 0.4) is 0 Å². The summed E-state index contributed by atoms with van der Waals surface area (Å²) >= 11 is 0. The summed E-state index contributed by atoms with van der Waals surface area (Å²) in [5.74, 6) is -1.27. The van der Waals surface area contributed by atoms with Gasteiger partial charge in [0.05, 0.1) is 59.2 Å². The smallest absolute Gasteiger partial charge is 0.265 e. The second-order valence-electron chi connectivity index (χ2n) is 7.50. The Hall–Kier alpha value is -0.780. The Balaban J connectivity index is 0. The number of quaternary nitrogens is 2. The van der Waals surface area contributed by atoms with Gasteiger partial charge in [-0.25, -0.2) is 0 Å². The predicted octanol–water partition coefficient (Wildman–Crippen LogP) is -1.69. The van der Waals surface area contributed by atoms with E-state index in [1.807, 2.05) is 0 Å². The number of nitrogens with zero attached hydrogens (tertiary/aromatic N) is 2. The number of aliphatic carboxylic acids is 1. The highest BCUT2D eigenvalue weighted by Crippen LogP contribution is 2.11. The number of carbonyl (C=O) groups excluding carboxylic acids is 1. The van der Waals surface area contributed by atoms with Crippen LogP contribution in [-0.2, 0) is 14.9 Å². The third-order valence-corrected chi connectivity index (χ3v) is 4.58. The highest BCUT2D eigenvalue weighted by molar-refractivity contribution is 7.85. The summed E-state index contributed by atoms with van der Waals surface area (Å²) in [4.78, 5) is 9.89. The molecule has 158 valence electrons. The number of likely N-dealkylation sites (N-methyl/N-ethyl adjacent to an activating group) is 1. The second kappa shape index (κ2) is 13.4. The molecule has 26 heavy (non-hydrogen) atoms. The van der Waals surface area contributed by atoms with Crippen LogP contribution in [-0.4, -0.2) is 111 Å². The van der Waals surface area contributed by atoms with Crippen molar-refractivity contribution in [3.05, 3.63) is 0 Å².